The first kappa shape index (κ1) is 23.4. The number of aryl methyl sites for hydroxylation is 1. The van der Waals surface area contributed by atoms with E-state index in [1.807, 2.05) is 37.4 Å². The first-order valence-corrected chi connectivity index (χ1v) is 13.9. The Labute approximate surface area is 230 Å². The molecule has 202 valence electrons. The molecule has 2 N–H and O–H groups in total. The lowest BCUT2D eigenvalue weighted by Crippen LogP contribution is -2.42. The van der Waals surface area contributed by atoms with Crippen LogP contribution in [-0.2, 0) is 6.42 Å². The molecule has 2 aromatic carbocycles. The third-order valence-corrected chi connectivity index (χ3v) is 8.18. The van der Waals surface area contributed by atoms with Crippen molar-refractivity contribution in [3.05, 3.63) is 66.4 Å². The largest absolute Gasteiger partial charge is 0.489 e. The van der Waals surface area contributed by atoms with E-state index in [1.165, 1.54) is 19.2 Å². The van der Waals surface area contributed by atoms with E-state index < -0.39 is 0 Å². The van der Waals surface area contributed by atoms with Gasteiger partial charge in [0, 0.05) is 47.4 Å². The number of fused-ring (bicyclic) bond motifs is 6. The van der Waals surface area contributed by atoms with Crippen LogP contribution in [0.5, 0.6) is 23.0 Å². The van der Waals surface area contributed by atoms with Gasteiger partial charge in [0.25, 0.3) is 0 Å². The quantitative estimate of drug-likeness (QED) is 0.307. The van der Waals surface area contributed by atoms with Crippen molar-refractivity contribution in [2.24, 2.45) is 0 Å². The molecule has 2 fully saturated rings. The first-order chi connectivity index (χ1) is 19.7. The topological polar surface area (TPSA) is 108 Å². The van der Waals surface area contributed by atoms with Crippen LogP contribution in [0, 0.1) is 6.92 Å². The molecule has 6 heterocycles. The molecule has 10 nitrogen and oxygen atoms in total. The van der Waals surface area contributed by atoms with E-state index in [4.69, 9.17) is 14.2 Å². The second kappa shape index (κ2) is 9.34. The van der Waals surface area contributed by atoms with Gasteiger partial charge in [0.05, 0.1) is 12.1 Å². The van der Waals surface area contributed by atoms with Gasteiger partial charge < -0.3 is 24.8 Å². The van der Waals surface area contributed by atoms with Crippen molar-refractivity contribution >= 4 is 28.1 Å². The van der Waals surface area contributed by atoms with Crippen LogP contribution in [0.1, 0.15) is 36.8 Å². The van der Waals surface area contributed by atoms with Crippen LogP contribution in [0.4, 0.5) is 11.5 Å². The van der Waals surface area contributed by atoms with Crippen LogP contribution < -0.4 is 24.8 Å². The van der Waals surface area contributed by atoms with Crippen molar-refractivity contribution < 1.29 is 14.2 Å². The summed E-state index contributed by atoms with van der Waals surface area (Å²) >= 11 is 0. The molecule has 2 bridgehead atoms. The van der Waals surface area contributed by atoms with Crippen molar-refractivity contribution in [1.82, 2.24) is 29.9 Å². The molecular weight excluding hydrogens is 506 g/mol. The maximum atomic E-state index is 6.63. The minimum Gasteiger partial charge on any atom is -0.489 e. The minimum atomic E-state index is 0.186. The smallest absolute Gasteiger partial charge is 0.166 e. The molecule has 40 heavy (non-hydrogen) atoms. The molecule has 3 aliphatic heterocycles. The molecule has 5 aromatic rings. The number of anilines is 2. The fourth-order valence-corrected chi connectivity index (χ4v) is 6.30. The van der Waals surface area contributed by atoms with Crippen molar-refractivity contribution in [2.75, 3.05) is 11.9 Å². The maximum Gasteiger partial charge on any atom is 0.166 e. The highest BCUT2D eigenvalue weighted by Gasteiger charge is 2.35. The summed E-state index contributed by atoms with van der Waals surface area (Å²) in [7, 11) is 0. The Morgan fingerprint density at radius 3 is 2.77 bits per heavy atom. The number of nitrogens with zero attached hydrogens (tertiary/aromatic N) is 5. The maximum absolute atomic E-state index is 6.63. The highest BCUT2D eigenvalue weighted by Crippen LogP contribution is 2.44. The molecule has 8 rings (SSSR count). The Balaban J connectivity index is 1.08. The van der Waals surface area contributed by atoms with Crippen LogP contribution in [0.15, 0.2) is 55.2 Å². The number of pyridine rings is 1. The number of hydrogen-bond donors (Lipinski definition) is 2. The van der Waals surface area contributed by atoms with Crippen LogP contribution in [0.25, 0.3) is 16.6 Å². The molecule has 1 unspecified atom stereocenters. The number of hydrogen-bond acceptors (Lipinski definition) is 9. The van der Waals surface area contributed by atoms with Gasteiger partial charge in [-0.15, -0.1) is 0 Å². The average Bonchev–Trinajstić information content (AvgIpc) is 3.71. The molecule has 3 atom stereocenters. The summed E-state index contributed by atoms with van der Waals surface area (Å²) in [5.41, 5.74) is 4.63. The number of benzene rings is 2. The number of rotatable bonds is 6. The zero-order chi connectivity index (χ0) is 26.6. The van der Waals surface area contributed by atoms with E-state index in [0.29, 0.717) is 24.4 Å². The third kappa shape index (κ3) is 4.15. The Morgan fingerprint density at radius 1 is 1.00 bits per heavy atom. The molecule has 0 radical (unpaired) electrons. The van der Waals surface area contributed by atoms with Crippen LogP contribution in [0.3, 0.4) is 0 Å². The number of aromatic nitrogens is 5. The van der Waals surface area contributed by atoms with Gasteiger partial charge in [0.15, 0.2) is 17.1 Å². The molecular formula is C30H29N7O3. The molecule has 2 saturated heterocycles. The molecule has 10 heteroatoms. The summed E-state index contributed by atoms with van der Waals surface area (Å²) in [6.07, 6.45) is 10.5. The van der Waals surface area contributed by atoms with Gasteiger partial charge in [-0.3, -0.25) is 0 Å². The second-order valence-corrected chi connectivity index (χ2v) is 10.9. The zero-order valence-electron chi connectivity index (χ0n) is 22.1. The monoisotopic (exact) mass is 535 g/mol. The Bertz CT molecular complexity index is 1740. The first-order valence-electron chi connectivity index (χ1n) is 13.9. The highest BCUT2D eigenvalue weighted by atomic mass is 16.5. The predicted octanol–water partition coefficient (Wildman–Crippen LogP) is 5.11. The van der Waals surface area contributed by atoms with Crippen molar-refractivity contribution in [2.45, 2.75) is 57.2 Å². The standard InChI is InChI=1S/C30H29N7O3/c1-17-10-18(4-5-25(17)39-21-6-8-37-27(13-21)31-16-34-37)36-30-24-14-26(40-22-11-19-2-3-20(12-22)35-19)29-23(7-9-38-29)28(24)32-15-33-30/h4-6,8,10,13-16,19-20,22,35H,2-3,7,9,11-12H2,1H3,(H,32,33,36)/t19-,20+,22?. The molecule has 0 aliphatic carbocycles. The number of piperidine rings is 1. The van der Waals surface area contributed by atoms with E-state index in [-0.39, 0.29) is 6.10 Å². The van der Waals surface area contributed by atoms with Gasteiger partial charge in [-0.2, -0.15) is 5.10 Å². The summed E-state index contributed by atoms with van der Waals surface area (Å²) < 4.78 is 20.5. The summed E-state index contributed by atoms with van der Waals surface area (Å²) in [5, 5.41) is 12.3. The molecule has 0 saturated carbocycles. The Hall–Kier alpha value is -4.44. The van der Waals surface area contributed by atoms with E-state index in [2.05, 4.69) is 42.8 Å². The van der Waals surface area contributed by atoms with E-state index in [1.54, 1.807) is 10.8 Å². The van der Waals surface area contributed by atoms with Crippen LogP contribution >= 0.6 is 0 Å². The number of nitrogens with one attached hydrogen (secondary N) is 2. The van der Waals surface area contributed by atoms with Crippen molar-refractivity contribution in [3.63, 3.8) is 0 Å². The Kier molecular flexibility index (Phi) is 5.47. The average molecular weight is 536 g/mol. The minimum absolute atomic E-state index is 0.186. The lowest BCUT2D eigenvalue weighted by Gasteiger charge is -2.30. The van der Waals surface area contributed by atoms with E-state index in [0.717, 1.165) is 75.7 Å². The lowest BCUT2D eigenvalue weighted by molar-refractivity contribution is 0.132. The lowest BCUT2D eigenvalue weighted by atomic mass is 10.0. The van der Waals surface area contributed by atoms with Gasteiger partial charge in [-0.05, 0) is 68.5 Å². The van der Waals surface area contributed by atoms with Crippen LogP contribution in [-0.4, -0.2) is 49.4 Å². The van der Waals surface area contributed by atoms with Gasteiger partial charge in [0.1, 0.15) is 36.1 Å². The summed E-state index contributed by atoms with van der Waals surface area (Å²) in [4.78, 5) is 13.5. The summed E-state index contributed by atoms with van der Waals surface area (Å²) in [6, 6.07) is 12.9. The Morgan fingerprint density at radius 2 is 1.90 bits per heavy atom. The van der Waals surface area contributed by atoms with E-state index in [9.17, 15) is 0 Å². The van der Waals surface area contributed by atoms with Crippen molar-refractivity contribution in [1.29, 1.82) is 0 Å². The van der Waals surface area contributed by atoms with Crippen LogP contribution in [0.2, 0.25) is 0 Å². The second-order valence-electron chi connectivity index (χ2n) is 10.9. The van der Waals surface area contributed by atoms with Gasteiger partial charge in [-0.1, -0.05) is 0 Å². The zero-order valence-corrected chi connectivity index (χ0v) is 22.1. The van der Waals surface area contributed by atoms with Gasteiger partial charge in [-0.25, -0.2) is 19.5 Å². The van der Waals surface area contributed by atoms with Crippen molar-refractivity contribution in [3.8, 4) is 23.0 Å². The highest BCUT2D eigenvalue weighted by molar-refractivity contribution is 5.96. The summed E-state index contributed by atoms with van der Waals surface area (Å²) in [5.74, 6) is 3.85. The molecule has 3 aromatic heterocycles. The fourth-order valence-electron chi connectivity index (χ4n) is 6.30. The summed E-state index contributed by atoms with van der Waals surface area (Å²) in [6.45, 7) is 2.66. The third-order valence-electron chi connectivity index (χ3n) is 8.18. The van der Waals surface area contributed by atoms with E-state index >= 15 is 0 Å². The molecule has 0 amide bonds. The normalized spacial score (nSPS) is 21.4. The predicted molar refractivity (Wildman–Crippen MR) is 150 cm³/mol. The number of ether oxygens (including phenoxy) is 3. The van der Waals surface area contributed by atoms with Gasteiger partial charge in [0.2, 0.25) is 0 Å². The van der Waals surface area contributed by atoms with Gasteiger partial charge >= 0.3 is 0 Å². The fraction of sp³-hybridized carbons (Fsp3) is 0.333. The molecule has 3 aliphatic rings. The SMILES string of the molecule is Cc1cc(Nc2ncnc3c4c(c(OC5C[C@H]6CC[C@@H](C5)N6)cc23)OCC4)ccc1Oc1ccn2ncnc2c1. The molecule has 0 spiro atoms.